The van der Waals surface area contributed by atoms with Crippen molar-refractivity contribution in [2.45, 2.75) is 26.8 Å². The quantitative estimate of drug-likeness (QED) is 0.623. The third kappa shape index (κ3) is 6.72. The van der Waals surface area contributed by atoms with Crippen LogP contribution in [0.5, 0.6) is 0 Å². The Balaban J connectivity index is 1.92. The molecule has 3 N–H and O–H groups in total. The molecule has 8 heteroatoms. The highest BCUT2D eigenvalue weighted by Gasteiger charge is 2.22. The Morgan fingerprint density at radius 2 is 1.43 bits per heavy atom. The minimum absolute atomic E-state index is 0.0475. The lowest BCUT2D eigenvalue weighted by Gasteiger charge is -2.26. The lowest BCUT2D eigenvalue weighted by atomic mass is 10.2. The zero-order valence-corrected chi connectivity index (χ0v) is 17.2. The molecule has 0 saturated carbocycles. The molecule has 30 heavy (non-hydrogen) atoms. The van der Waals surface area contributed by atoms with Crippen LogP contribution in [0.4, 0.5) is 17.1 Å². The number of nitrogens with zero attached hydrogens (tertiary/aromatic N) is 2. The zero-order valence-electron chi connectivity index (χ0n) is 17.2. The highest BCUT2D eigenvalue weighted by Crippen LogP contribution is 2.14. The smallest absolute Gasteiger partial charge is 0.241 e. The lowest BCUT2D eigenvalue weighted by Crippen LogP contribution is -2.45. The van der Waals surface area contributed by atoms with Gasteiger partial charge in [-0.25, -0.2) is 0 Å². The molecule has 0 spiro atoms. The van der Waals surface area contributed by atoms with Crippen LogP contribution in [0.25, 0.3) is 0 Å². The second kappa shape index (κ2) is 10.7. The van der Waals surface area contributed by atoms with Gasteiger partial charge in [-0.1, -0.05) is 6.92 Å². The van der Waals surface area contributed by atoms with Gasteiger partial charge in [-0.15, -0.1) is 0 Å². The SMILES string of the molecule is CCN(CC(=O)Nc1ccc(NC(C)=O)cc1)[C@@H](C)C(=O)Nc1ccc(C#N)cc1. The standard InChI is InChI=1S/C22H25N5O3/c1-4-27(15(2)22(30)26-20-7-5-17(13-23)6-8-20)14-21(29)25-19-11-9-18(10-12-19)24-16(3)28/h5-12,15H,4,14H2,1-3H3,(H,24,28)(H,25,29)(H,26,30)/t15-/m0/s1. The van der Waals surface area contributed by atoms with Crippen molar-refractivity contribution in [1.29, 1.82) is 5.26 Å². The minimum atomic E-state index is -0.529. The highest BCUT2D eigenvalue weighted by atomic mass is 16.2. The molecule has 0 heterocycles. The molecular weight excluding hydrogens is 382 g/mol. The van der Waals surface area contributed by atoms with E-state index >= 15 is 0 Å². The van der Waals surface area contributed by atoms with Crippen LogP contribution in [0.3, 0.4) is 0 Å². The summed E-state index contributed by atoms with van der Waals surface area (Å²) in [6.07, 6.45) is 0. The summed E-state index contributed by atoms with van der Waals surface area (Å²) in [4.78, 5) is 37.8. The second-order valence-electron chi connectivity index (χ2n) is 6.72. The number of nitriles is 1. The fraction of sp³-hybridized carbons (Fsp3) is 0.273. The molecule has 0 aromatic heterocycles. The summed E-state index contributed by atoms with van der Waals surface area (Å²) in [5.41, 5.74) is 2.34. The van der Waals surface area contributed by atoms with Gasteiger partial charge in [-0.2, -0.15) is 5.26 Å². The maximum absolute atomic E-state index is 12.5. The predicted octanol–water partition coefficient (Wildman–Crippen LogP) is 2.80. The summed E-state index contributed by atoms with van der Waals surface area (Å²) in [6, 6.07) is 14.9. The number of nitrogens with one attached hydrogen (secondary N) is 3. The van der Waals surface area contributed by atoms with Crippen molar-refractivity contribution < 1.29 is 14.4 Å². The third-order valence-electron chi connectivity index (χ3n) is 4.45. The van der Waals surface area contributed by atoms with E-state index < -0.39 is 6.04 Å². The largest absolute Gasteiger partial charge is 0.326 e. The number of hydrogen-bond acceptors (Lipinski definition) is 5. The normalized spacial score (nSPS) is 11.3. The van der Waals surface area contributed by atoms with Crippen LogP contribution in [-0.4, -0.2) is 41.8 Å². The Hall–Kier alpha value is -3.70. The summed E-state index contributed by atoms with van der Waals surface area (Å²) in [6.45, 7) is 5.59. The summed E-state index contributed by atoms with van der Waals surface area (Å²) < 4.78 is 0. The number of hydrogen-bond donors (Lipinski definition) is 3. The molecule has 1 atom stereocenters. The molecule has 2 aromatic carbocycles. The topological polar surface area (TPSA) is 114 Å². The maximum atomic E-state index is 12.5. The first-order valence-electron chi connectivity index (χ1n) is 9.55. The lowest BCUT2D eigenvalue weighted by molar-refractivity contribution is -0.123. The van der Waals surface area contributed by atoms with Gasteiger partial charge < -0.3 is 16.0 Å². The number of likely N-dealkylation sites (N-methyl/N-ethyl adjacent to an activating group) is 1. The van der Waals surface area contributed by atoms with E-state index in [2.05, 4.69) is 16.0 Å². The minimum Gasteiger partial charge on any atom is -0.326 e. The van der Waals surface area contributed by atoms with Crippen LogP contribution in [0.2, 0.25) is 0 Å². The molecule has 2 rings (SSSR count). The first kappa shape index (κ1) is 22.6. The Kier molecular flexibility index (Phi) is 8.08. The second-order valence-corrected chi connectivity index (χ2v) is 6.72. The summed E-state index contributed by atoms with van der Waals surface area (Å²) >= 11 is 0. The van der Waals surface area contributed by atoms with Crippen molar-refractivity contribution in [3.05, 3.63) is 54.1 Å². The van der Waals surface area contributed by atoms with Gasteiger partial charge in [0, 0.05) is 24.0 Å². The van der Waals surface area contributed by atoms with E-state index in [0.717, 1.165) is 0 Å². The van der Waals surface area contributed by atoms with Gasteiger partial charge in [0.1, 0.15) is 0 Å². The summed E-state index contributed by atoms with van der Waals surface area (Å²) in [5, 5.41) is 17.1. The number of carbonyl (C=O) groups excluding carboxylic acids is 3. The Bertz CT molecular complexity index is 933. The van der Waals surface area contributed by atoms with Gasteiger partial charge in [0.15, 0.2) is 0 Å². The Morgan fingerprint density at radius 3 is 1.93 bits per heavy atom. The van der Waals surface area contributed by atoms with Crippen molar-refractivity contribution in [2.24, 2.45) is 0 Å². The molecule has 0 bridgehead atoms. The van der Waals surface area contributed by atoms with Crippen LogP contribution in [0.15, 0.2) is 48.5 Å². The fourth-order valence-electron chi connectivity index (χ4n) is 2.79. The van der Waals surface area contributed by atoms with Gasteiger partial charge in [-0.3, -0.25) is 19.3 Å². The van der Waals surface area contributed by atoms with Crippen LogP contribution in [-0.2, 0) is 14.4 Å². The molecule has 3 amide bonds. The maximum Gasteiger partial charge on any atom is 0.241 e. The van der Waals surface area contributed by atoms with E-state index in [1.54, 1.807) is 60.4 Å². The predicted molar refractivity (Wildman–Crippen MR) is 116 cm³/mol. The Labute approximate surface area is 175 Å². The molecule has 156 valence electrons. The summed E-state index contributed by atoms with van der Waals surface area (Å²) in [5.74, 6) is -0.658. The molecule has 0 aliphatic heterocycles. The van der Waals surface area contributed by atoms with Crippen molar-refractivity contribution in [2.75, 3.05) is 29.0 Å². The van der Waals surface area contributed by atoms with Crippen LogP contribution in [0.1, 0.15) is 26.3 Å². The average Bonchev–Trinajstić information content (AvgIpc) is 2.73. The zero-order chi connectivity index (χ0) is 22.1. The molecule has 0 aliphatic carbocycles. The van der Waals surface area contributed by atoms with Crippen molar-refractivity contribution in [1.82, 2.24) is 4.90 Å². The Morgan fingerprint density at radius 1 is 0.933 bits per heavy atom. The first-order chi connectivity index (χ1) is 14.3. The number of benzene rings is 2. The average molecular weight is 407 g/mol. The number of rotatable bonds is 8. The fourth-order valence-corrected chi connectivity index (χ4v) is 2.79. The molecule has 0 fully saturated rings. The van der Waals surface area contributed by atoms with Crippen LogP contribution >= 0.6 is 0 Å². The van der Waals surface area contributed by atoms with E-state index in [1.165, 1.54) is 6.92 Å². The van der Waals surface area contributed by atoms with E-state index in [1.807, 2.05) is 13.0 Å². The van der Waals surface area contributed by atoms with Gasteiger partial charge in [0.2, 0.25) is 17.7 Å². The van der Waals surface area contributed by atoms with E-state index in [4.69, 9.17) is 5.26 Å². The molecule has 0 unspecified atom stereocenters. The van der Waals surface area contributed by atoms with E-state index in [0.29, 0.717) is 29.2 Å². The van der Waals surface area contributed by atoms with Gasteiger partial charge >= 0.3 is 0 Å². The first-order valence-corrected chi connectivity index (χ1v) is 9.55. The number of anilines is 3. The van der Waals surface area contributed by atoms with Gasteiger partial charge in [-0.05, 0) is 62.0 Å². The van der Waals surface area contributed by atoms with Gasteiger partial charge in [0.05, 0.1) is 24.2 Å². The van der Waals surface area contributed by atoms with Crippen molar-refractivity contribution in [3.63, 3.8) is 0 Å². The summed E-state index contributed by atoms with van der Waals surface area (Å²) in [7, 11) is 0. The van der Waals surface area contributed by atoms with Crippen LogP contribution < -0.4 is 16.0 Å². The van der Waals surface area contributed by atoms with Crippen molar-refractivity contribution in [3.8, 4) is 6.07 Å². The van der Waals surface area contributed by atoms with E-state index in [-0.39, 0.29) is 24.3 Å². The van der Waals surface area contributed by atoms with Crippen molar-refractivity contribution >= 4 is 34.8 Å². The molecule has 0 radical (unpaired) electrons. The van der Waals surface area contributed by atoms with Gasteiger partial charge in [0.25, 0.3) is 0 Å². The molecular formula is C22H25N5O3. The number of amides is 3. The highest BCUT2D eigenvalue weighted by molar-refractivity contribution is 5.96. The third-order valence-corrected chi connectivity index (χ3v) is 4.45. The molecule has 0 aliphatic rings. The number of carbonyl (C=O) groups is 3. The molecule has 8 nitrogen and oxygen atoms in total. The monoisotopic (exact) mass is 407 g/mol. The van der Waals surface area contributed by atoms with Crippen LogP contribution in [0, 0.1) is 11.3 Å². The van der Waals surface area contributed by atoms with E-state index in [9.17, 15) is 14.4 Å². The molecule has 0 saturated heterocycles. The molecule has 2 aromatic rings.